The number of halogens is 3. The molecule has 2 aromatic rings. The van der Waals surface area contributed by atoms with Crippen LogP contribution in [0.4, 0.5) is 13.2 Å². The highest BCUT2D eigenvalue weighted by atomic mass is 19.4. The first-order chi connectivity index (χ1) is 10.1. The largest absolute Gasteiger partial charge is 0.416 e. The minimum absolute atomic E-state index is 0.539. The maximum atomic E-state index is 12.8. The zero-order valence-corrected chi connectivity index (χ0v) is 11.1. The molecule has 2 aromatic carbocycles. The summed E-state index contributed by atoms with van der Waals surface area (Å²) in [4.78, 5) is 4.35. The van der Waals surface area contributed by atoms with Gasteiger partial charge in [-0.2, -0.15) is 13.2 Å². The molecule has 0 fully saturated rings. The van der Waals surface area contributed by atoms with Gasteiger partial charge in [-0.1, -0.05) is 36.4 Å². The van der Waals surface area contributed by atoms with Gasteiger partial charge in [0.25, 0.3) is 0 Å². The van der Waals surface area contributed by atoms with Crippen LogP contribution < -0.4 is 5.32 Å². The van der Waals surface area contributed by atoms with Gasteiger partial charge in [-0.3, -0.25) is 4.99 Å². The number of nitrogens with one attached hydrogen (secondary N) is 1. The van der Waals surface area contributed by atoms with Crippen molar-refractivity contribution in [3.05, 3.63) is 59.7 Å². The highest BCUT2D eigenvalue weighted by Gasteiger charge is 2.30. The standard InChI is InChI=1S/C16H13F3N2/c17-16(18,19)12-5-3-4-11(10-12)13-6-1-2-7-14(13)15-20-8-9-21-15/h1-7,10H,8-9H2,(H,20,21). The van der Waals surface area contributed by atoms with Crippen molar-refractivity contribution in [1.29, 1.82) is 0 Å². The van der Waals surface area contributed by atoms with Crippen LogP contribution in [0.15, 0.2) is 53.5 Å². The molecular formula is C16H13F3N2. The smallest absolute Gasteiger partial charge is 0.368 e. The first kappa shape index (κ1) is 13.7. The minimum Gasteiger partial charge on any atom is -0.368 e. The molecule has 108 valence electrons. The molecule has 0 saturated carbocycles. The summed E-state index contributed by atoms with van der Waals surface area (Å²) in [5.74, 6) is 0.739. The van der Waals surface area contributed by atoms with Gasteiger partial charge in [-0.05, 0) is 23.3 Å². The molecule has 0 spiro atoms. The molecule has 21 heavy (non-hydrogen) atoms. The number of alkyl halides is 3. The van der Waals surface area contributed by atoms with Crippen LogP contribution in [-0.4, -0.2) is 18.9 Å². The predicted molar refractivity (Wildman–Crippen MR) is 76.3 cm³/mol. The van der Waals surface area contributed by atoms with Crippen molar-refractivity contribution in [2.75, 3.05) is 13.1 Å². The summed E-state index contributed by atoms with van der Waals surface area (Å²) in [6.07, 6.45) is -4.34. The molecule has 2 nitrogen and oxygen atoms in total. The van der Waals surface area contributed by atoms with Crippen LogP contribution in [0.1, 0.15) is 11.1 Å². The molecular weight excluding hydrogens is 277 g/mol. The van der Waals surface area contributed by atoms with E-state index in [1.165, 1.54) is 12.1 Å². The normalized spacial score (nSPS) is 14.7. The fourth-order valence-electron chi connectivity index (χ4n) is 2.38. The Balaban J connectivity index is 2.09. The second kappa shape index (κ2) is 5.24. The molecule has 1 heterocycles. The first-order valence-electron chi connectivity index (χ1n) is 6.61. The van der Waals surface area contributed by atoms with Crippen molar-refractivity contribution >= 4 is 5.84 Å². The summed E-state index contributed by atoms with van der Waals surface area (Å²) in [5, 5.41) is 3.16. The van der Waals surface area contributed by atoms with Crippen molar-refractivity contribution in [1.82, 2.24) is 5.32 Å². The topological polar surface area (TPSA) is 24.4 Å². The van der Waals surface area contributed by atoms with Crippen LogP contribution >= 0.6 is 0 Å². The third-order valence-corrected chi connectivity index (χ3v) is 3.36. The third-order valence-electron chi connectivity index (χ3n) is 3.36. The lowest BCUT2D eigenvalue weighted by Gasteiger charge is -2.12. The van der Waals surface area contributed by atoms with E-state index >= 15 is 0 Å². The van der Waals surface area contributed by atoms with Crippen molar-refractivity contribution in [3.63, 3.8) is 0 Å². The summed E-state index contributed by atoms with van der Waals surface area (Å²) in [5.41, 5.74) is 1.47. The number of hydrogen-bond donors (Lipinski definition) is 1. The third kappa shape index (κ3) is 2.77. The van der Waals surface area contributed by atoms with E-state index in [9.17, 15) is 13.2 Å². The fourth-order valence-corrected chi connectivity index (χ4v) is 2.38. The molecule has 0 amide bonds. The van der Waals surface area contributed by atoms with Gasteiger partial charge in [-0.25, -0.2) is 0 Å². The Morgan fingerprint density at radius 2 is 1.71 bits per heavy atom. The van der Waals surface area contributed by atoms with E-state index in [4.69, 9.17) is 0 Å². The van der Waals surface area contributed by atoms with Crippen LogP contribution in [0, 0.1) is 0 Å². The minimum atomic E-state index is -4.34. The van der Waals surface area contributed by atoms with E-state index in [0.29, 0.717) is 12.1 Å². The van der Waals surface area contributed by atoms with Gasteiger partial charge in [0, 0.05) is 12.1 Å². The van der Waals surface area contributed by atoms with Crippen LogP contribution in [0.3, 0.4) is 0 Å². The SMILES string of the molecule is FC(F)(F)c1cccc(-c2ccccc2C2=NCCN2)c1. The molecule has 0 unspecified atom stereocenters. The maximum absolute atomic E-state index is 12.8. The maximum Gasteiger partial charge on any atom is 0.416 e. The van der Waals surface area contributed by atoms with Crippen molar-refractivity contribution in [2.24, 2.45) is 4.99 Å². The van der Waals surface area contributed by atoms with E-state index < -0.39 is 11.7 Å². The van der Waals surface area contributed by atoms with Crippen molar-refractivity contribution in [2.45, 2.75) is 6.18 Å². The lowest BCUT2D eigenvalue weighted by molar-refractivity contribution is -0.137. The van der Waals surface area contributed by atoms with Crippen LogP contribution in [0.2, 0.25) is 0 Å². The van der Waals surface area contributed by atoms with E-state index in [1.807, 2.05) is 24.3 Å². The monoisotopic (exact) mass is 290 g/mol. The number of benzene rings is 2. The average Bonchev–Trinajstić information content (AvgIpc) is 3.01. The second-order valence-corrected chi connectivity index (χ2v) is 4.78. The zero-order chi connectivity index (χ0) is 14.9. The average molecular weight is 290 g/mol. The van der Waals surface area contributed by atoms with Crippen molar-refractivity contribution < 1.29 is 13.2 Å². The molecule has 0 radical (unpaired) electrons. The van der Waals surface area contributed by atoms with Gasteiger partial charge in [0.05, 0.1) is 12.1 Å². The van der Waals surface area contributed by atoms with Gasteiger partial charge < -0.3 is 5.32 Å². The number of aliphatic imine (C=N–C) groups is 1. The van der Waals surface area contributed by atoms with E-state index in [2.05, 4.69) is 10.3 Å². The highest BCUT2D eigenvalue weighted by molar-refractivity contribution is 6.05. The Morgan fingerprint density at radius 1 is 0.952 bits per heavy atom. The molecule has 5 heteroatoms. The number of hydrogen-bond acceptors (Lipinski definition) is 2. The summed E-state index contributed by atoms with van der Waals surface area (Å²) >= 11 is 0. The molecule has 3 rings (SSSR count). The molecule has 0 aliphatic carbocycles. The lowest BCUT2D eigenvalue weighted by Crippen LogP contribution is -2.20. The number of amidine groups is 1. The Labute approximate surface area is 120 Å². The number of nitrogens with zero attached hydrogens (tertiary/aromatic N) is 1. The van der Waals surface area contributed by atoms with Crippen LogP contribution in [0.25, 0.3) is 11.1 Å². The molecule has 1 aliphatic rings. The molecule has 0 saturated heterocycles. The zero-order valence-electron chi connectivity index (χ0n) is 11.1. The van der Waals surface area contributed by atoms with Crippen molar-refractivity contribution in [3.8, 4) is 11.1 Å². The number of rotatable bonds is 2. The molecule has 1 N–H and O–H groups in total. The summed E-state index contributed by atoms with van der Waals surface area (Å²) in [7, 11) is 0. The van der Waals surface area contributed by atoms with Crippen LogP contribution in [0.5, 0.6) is 0 Å². The molecule has 0 atom stereocenters. The van der Waals surface area contributed by atoms with E-state index in [1.54, 1.807) is 6.07 Å². The van der Waals surface area contributed by atoms with Gasteiger partial charge >= 0.3 is 6.18 Å². The first-order valence-corrected chi connectivity index (χ1v) is 6.61. The Kier molecular flexibility index (Phi) is 3.41. The Hall–Kier alpha value is -2.30. The van der Waals surface area contributed by atoms with Gasteiger partial charge in [0.2, 0.25) is 0 Å². The predicted octanol–water partition coefficient (Wildman–Crippen LogP) is 3.72. The van der Waals surface area contributed by atoms with Gasteiger partial charge in [0.1, 0.15) is 5.84 Å². The quantitative estimate of drug-likeness (QED) is 0.895. The van der Waals surface area contributed by atoms with E-state index in [-0.39, 0.29) is 0 Å². The fraction of sp³-hybridized carbons (Fsp3) is 0.188. The highest BCUT2D eigenvalue weighted by Crippen LogP contribution is 2.33. The Bertz CT molecular complexity index is 690. The summed E-state index contributed by atoms with van der Waals surface area (Å²) in [6.45, 7) is 1.44. The molecule has 0 bridgehead atoms. The van der Waals surface area contributed by atoms with E-state index in [0.717, 1.165) is 29.6 Å². The summed E-state index contributed by atoms with van der Waals surface area (Å²) in [6, 6.07) is 12.7. The Morgan fingerprint density at radius 3 is 2.38 bits per heavy atom. The van der Waals surface area contributed by atoms with Crippen LogP contribution in [-0.2, 0) is 6.18 Å². The lowest BCUT2D eigenvalue weighted by atomic mass is 9.97. The van der Waals surface area contributed by atoms with Gasteiger partial charge in [0.15, 0.2) is 0 Å². The second-order valence-electron chi connectivity index (χ2n) is 4.78. The molecule has 0 aromatic heterocycles. The molecule has 1 aliphatic heterocycles. The van der Waals surface area contributed by atoms with Gasteiger partial charge in [-0.15, -0.1) is 0 Å². The summed E-state index contributed by atoms with van der Waals surface area (Å²) < 4.78 is 38.5.